The molecule has 140 valence electrons. The summed E-state index contributed by atoms with van der Waals surface area (Å²) in [6.07, 6.45) is 3.65. The molecule has 0 aliphatic rings. The Bertz CT molecular complexity index is 777. The number of alkyl halides is 2. The van der Waals surface area contributed by atoms with E-state index in [2.05, 4.69) is 15.3 Å². The van der Waals surface area contributed by atoms with Gasteiger partial charge in [0.15, 0.2) is 0 Å². The van der Waals surface area contributed by atoms with Gasteiger partial charge in [0.1, 0.15) is 6.61 Å². The number of nitrogens with one attached hydrogen (secondary N) is 1. The fraction of sp³-hybridized carbons (Fsp3) is 0.294. The SMILES string of the molecule is CC(O)c1cnc(OC/C(N)=C/Nc2ccc(Cl)c(C(C)(F)F)c2)nc1. The first kappa shape index (κ1) is 19.9. The fourth-order valence-electron chi connectivity index (χ4n) is 1.93. The molecule has 1 heterocycles. The van der Waals surface area contributed by atoms with E-state index < -0.39 is 12.0 Å². The highest BCUT2D eigenvalue weighted by atomic mass is 35.5. The lowest BCUT2D eigenvalue weighted by atomic mass is 10.1. The minimum Gasteiger partial charge on any atom is -0.457 e. The maximum absolute atomic E-state index is 13.5. The second-order valence-electron chi connectivity index (χ2n) is 5.71. The predicted molar refractivity (Wildman–Crippen MR) is 95.1 cm³/mol. The predicted octanol–water partition coefficient (Wildman–Crippen LogP) is 3.59. The molecule has 0 fully saturated rings. The van der Waals surface area contributed by atoms with E-state index in [9.17, 15) is 13.9 Å². The van der Waals surface area contributed by atoms with Crippen molar-refractivity contribution in [2.24, 2.45) is 5.73 Å². The van der Waals surface area contributed by atoms with E-state index in [0.717, 1.165) is 6.92 Å². The van der Waals surface area contributed by atoms with Gasteiger partial charge in [-0.05, 0) is 25.1 Å². The molecule has 0 spiro atoms. The van der Waals surface area contributed by atoms with Crippen LogP contribution in [-0.4, -0.2) is 21.7 Å². The first-order valence-electron chi connectivity index (χ1n) is 7.68. The Hall–Kier alpha value is -2.45. The Morgan fingerprint density at radius 2 is 2.08 bits per heavy atom. The van der Waals surface area contributed by atoms with Gasteiger partial charge in [0.05, 0.1) is 11.8 Å². The van der Waals surface area contributed by atoms with Crippen LogP contribution in [0.2, 0.25) is 5.02 Å². The number of aromatic nitrogens is 2. The largest absolute Gasteiger partial charge is 0.457 e. The van der Waals surface area contributed by atoms with Gasteiger partial charge < -0.3 is 20.9 Å². The van der Waals surface area contributed by atoms with Crippen molar-refractivity contribution in [1.29, 1.82) is 0 Å². The van der Waals surface area contributed by atoms with Crippen molar-refractivity contribution in [3.05, 3.63) is 58.6 Å². The highest BCUT2D eigenvalue weighted by Crippen LogP contribution is 2.34. The third kappa shape index (κ3) is 5.53. The number of nitrogens with zero attached hydrogens (tertiary/aromatic N) is 2. The van der Waals surface area contributed by atoms with Crippen LogP contribution in [0.25, 0.3) is 0 Å². The Balaban J connectivity index is 1.96. The Labute approximate surface area is 154 Å². The van der Waals surface area contributed by atoms with Crippen molar-refractivity contribution >= 4 is 17.3 Å². The topological polar surface area (TPSA) is 93.3 Å². The number of benzene rings is 1. The number of hydrogen-bond donors (Lipinski definition) is 3. The van der Waals surface area contributed by atoms with Gasteiger partial charge in [-0.25, -0.2) is 18.7 Å². The summed E-state index contributed by atoms with van der Waals surface area (Å²) < 4.78 is 32.3. The minimum atomic E-state index is -3.05. The second-order valence-corrected chi connectivity index (χ2v) is 6.12. The molecule has 0 aliphatic heterocycles. The number of ether oxygens (including phenoxy) is 1. The van der Waals surface area contributed by atoms with Crippen LogP contribution in [0.4, 0.5) is 14.5 Å². The summed E-state index contributed by atoms with van der Waals surface area (Å²) in [4.78, 5) is 7.89. The van der Waals surface area contributed by atoms with Crippen LogP contribution >= 0.6 is 11.6 Å². The van der Waals surface area contributed by atoms with E-state index in [1.807, 2.05) is 0 Å². The Kier molecular flexibility index (Phi) is 6.33. The molecule has 26 heavy (non-hydrogen) atoms. The average molecular weight is 385 g/mol. The van der Waals surface area contributed by atoms with Crippen molar-refractivity contribution in [3.63, 3.8) is 0 Å². The zero-order valence-corrected chi connectivity index (χ0v) is 15.0. The molecule has 6 nitrogen and oxygen atoms in total. The second kappa shape index (κ2) is 8.29. The highest BCUT2D eigenvalue weighted by Gasteiger charge is 2.27. The van der Waals surface area contributed by atoms with Crippen molar-refractivity contribution in [2.75, 3.05) is 11.9 Å². The molecule has 4 N–H and O–H groups in total. The van der Waals surface area contributed by atoms with Crippen molar-refractivity contribution in [1.82, 2.24) is 9.97 Å². The lowest BCUT2D eigenvalue weighted by Crippen LogP contribution is -2.13. The maximum Gasteiger partial charge on any atom is 0.316 e. The summed E-state index contributed by atoms with van der Waals surface area (Å²) in [6, 6.07) is 4.30. The number of aliphatic hydroxyl groups excluding tert-OH is 1. The number of anilines is 1. The van der Waals surface area contributed by atoms with Gasteiger partial charge in [-0.3, -0.25) is 0 Å². The third-order valence-electron chi connectivity index (χ3n) is 3.36. The molecule has 1 aromatic heterocycles. The number of rotatable bonds is 7. The van der Waals surface area contributed by atoms with Gasteiger partial charge in [-0.1, -0.05) is 11.6 Å². The van der Waals surface area contributed by atoms with Crippen LogP contribution in [-0.2, 0) is 5.92 Å². The molecule has 1 unspecified atom stereocenters. The molecule has 1 aromatic carbocycles. The molecule has 1 atom stereocenters. The molecule has 0 saturated heterocycles. The molecule has 2 aromatic rings. The summed E-state index contributed by atoms with van der Waals surface area (Å²) in [6.45, 7) is 2.37. The molecule has 0 aliphatic carbocycles. The minimum absolute atomic E-state index is 0.00852. The molecule has 2 rings (SSSR count). The normalized spacial score (nSPS) is 13.4. The van der Waals surface area contributed by atoms with Crippen molar-refractivity contribution in [3.8, 4) is 6.01 Å². The summed E-state index contributed by atoms with van der Waals surface area (Å²) >= 11 is 5.79. The van der Waals surface area contributed by atoms with E-state index in [4.69, 9.17) is 22.1 Å². The molecule has 0 bridgehead atoms. The quantitative estimate of drug-likeness (QED) is 0.675. The lowest BCUT2D eigenvalue weighted by molar-refractivity contribution is 0.0176. The first-order chi connectivity index (χ1) is 12.2. The maximum atomic E-state index is 13.5. The van der Waals surface area contributed by atoms with Crippen LogP contribution in [0.1, 0.15) is 31.1 Å². The summed E-state index contributed by atoms with van der Waals surface area (Å²) in [5, 5.41) is 12.2. The van der Waals surface area contributed by atoms with E-state index in [1.165, 1.54) is 30.7 Å². The first-order valence-corrected chi connectivity index (χ1v) is 8.06. The third-order valence-corrected chi connectivity index (χ3v) is 3.69. The van der Waals surface area contributed by atoms with E-state index in [0.29, 0.717) is 16.9 Å². The van der Waals surface area contributed by atoms with Crippen LogP contribution < -0.4 is 15.8 Å². The molecular formula is C17H19ClF2N4O2. The number of halogens is 3. The van der Waals surface area contributed by atoms with Gasteiger partial charge in [0.2, 0.25) is 0 Å². The summed E-state index contributed by atoms with van der Waals surface area (Å²) in [5.41, 5.74) is 6.80. The Morgan fingerprint density at radius 3 is 2.65 bits per heavy atom. The van der Waals surface area contributed by atoms with Crippen LogP contribution in [0.3, 0.4) is 0 Å². The van der Waals surface area contributed by atoms with Crippen LogP contribution in [0.15, 0.2) is 42.5 Å². The molecule has 0 radical (unpaired) electrons. The average Bonchev–Trinajstić information content (AvgIpc) is 2.58. The molecule has 0 saturated carbocycles. The summed E-state index contributed by atoms with van der Waals surface area (Å²) in [7, 11) is 0. The van der Waals surface area contributed by atoms with Crippen molar-refractivity contribution < 1.29 is 18.6 Å². The van der Waals surface area contributed by atoms with Crippen LogP contribution in [0.5, 0.6) is 6.01 Å². The molecule has 9 heteroatoms. The van der Waals surface area contributed by atoms with Gasteiger partial charge in [-0.2, -0.15) is 0 Å². The zero-order valence-electron chi connectivity index (χ0n) is 14.2. The molecular weight excluding hydrogens is 366 g/mol. The Morgan fingerprint density at radius 1 is 1.42 bits per heavy atom. The zero-order chi connectivity index (χ0) is 19.3. The highest BCUT2D eigenvalue weighted by molar-refractivity contribution is 6.31. The van der Waals surface area contributed by atoms with Gasteiger partial charge in [-0.15, -0.1) is 0 Å². The van der Waals surface area contributed by atoms with E-state index in [1.54, 1.807) is 13.0 Å². The van der Waals surface area contributed by atoms with Gasteiger partial charge >= 0.3 is 6.01 Å². The van der Waals surface area contributed by atoms with Crippen LogP contribution in [0, 0.1) is 0 Å². The lowest BCUT2D eigenvalue weighted by Gasteiger charge is -2.14. The van der Waals surface area contributed by atoms with Crippen molar-refractivity contribution in [2.45, 2.75) is 25.9 Å². The van der Waals surface area contributed by atoms with Gasteiger partial charge in [0.25, 0.3) is 5.92 Å². The smallest absolute Gasteiger partial charge is 0.316 e. The van der Waals surface area contributed by atoms with Gasteiger partial charge in [0, 0.05) is 47.4 Å². The fourth-order valence-corrected chi connectivity index (χ4v) is 2.22. The monoisotopic (exact) mass is 384 g/mol. The number of aliphatic hydroxyl groups is 1. The summed E-state index contributed by atoms with van der Waals surface area (Å²) in [5.74, 6) is -3.05. The van der Waals surface area contributed by atoms with E-state index >= 15 is 0 Å². The number of nitrogens with two attached hydrogens (primary N) is 1. The molecule has 0 amide bonds. The standard InChI is InChI=1S/C17H19ClF2N4O2/c1-10(25)11-6-23-16(24-7-11)26-9-12(21)8-22-13-3-4-15(18)14(5-13)17(2,19)20/h3-8,10,22,25H,9,21H2,1-2H3/b12-8-. The number of hydrogen-bond acceptors (Lipinski definition) is 6. The van der Waals surface area contributed by atoms with E-state index in [-0.39, 0.29) is 23.2 Å².